The first kappa shape index (κ1) is 11.9. The number of para-hydroxylation sites is 1. The summed E-state index contributed by atoms with van der Waals surface area (Å²) >= 11 is 5.05. The highest BCUT2D eigenvalue weighted by atomic mass is 32.1. The maximum atomic E-state index is 5.05. The van der Waals surface area contributed by atoms with Crippen molar-refractivity contribution in [3.8, 4) is 0 Å². The topological polar surface area (TPSA) is 50.9 Å². The van der Waals surface area contributed by atoms with Crippen LogP contribution >= 0.6 is 12.2 Å². The Labute approximate surface area is 115 Å². The van der Waals surface area contributed by atoms with Gasteiger partial charge in [-0.3, -0.25) is 5.10 Å². The zero-order valence-corrected chi connectivity index (χ0v) is 11.3. The van der Waals surface area contributed by atoms with E-state index in [4.69, 9.17) is 12.2 Å². The molecule has 2 heterocycles. The maximum Gasteiger partial charge on any atom is 0.216 e. The average molecular weight is 271 g/mol. The van der Waals surface area contributed by atoms with E-state index < -0.39 is 0 Å². The number of fused-ring (bicyclic) bond motifs is 1. The van der Waals surface area contributed by atoms with Crippen molar-refractivity contribution >= 4 is 29.3 Å². The molecular weight excluding hydrogens is 258 g/mol. The van der Waals surface area contributed by atoms with E-state index >= 15 is 0 Å². The molecule has 19 heavy (non-hydrogen) atoms. The summed E-state index contributed by atoms with van der Waals surface area (Å²) in [6.45, 7) is 3.05. The molecule has 0 fully saturated rings. The standard InChI is InChI=1S/C13H13N5S/c1-2-17-8-10(11-5-3-4-6-12(11)17)7-15-18-9-14-16-13(18)19/h3-9H,2H2,1H3,(H,16,19)/b15-7-. The van der Waals surface area contributed by atoms with Crippen LogP contribution in [0, 0.1) is 4.77 Å². The first-order valence-electron chi connectivity index (χ1n) is 6.04. The SMILES string of the molecule is CCn1cc(/C=N\n2cn[nH]c2=S)c2ccccc21. The lowest BCUT2D eigenvalue weighted by molar-refractivity contribution is 0.797. The van der Waals surface area contributed by atoms with Crippen molar-refractivity contribution in [3.05, 3.63) is 47.1 Å². The lowest BCUT2D eigenvalue weighted by Crippen LogP contribution is -1.90. The zero-order valence-electron chi connectivity index (χ0n) is 10.4. The predicted molar refractivity (Wildman–Crippen MR) is 78.0 cm³/mol. The van der Waals surface area contributed by atoms with Gasteiger partial charge in [0, 0.05) is 29.2 Å². The van der Waals surface area contributed by atoms with E-state index in [2.05, 4.69) is 45.1 Å². The number of rotatable bonds is 3. The number of hydrogen-bond donors (Lipinski definition) is 1. The van der Waals surface area contributed by atoms with Crippen LogP contribution in [0.25, 0.3) is 10.9 Å². The first-order valence-corrected chi connectivity index (χ1v) is 6.44. The van der Waals surface area contributed by atoms with Crippen LogP contribution < -0.4 is 0 Å². The molecule has 0 aliphatic heterocycles. The van der Waals surface area contributed by atoms with Gasteiger partial charge in [-0.15, -0.1) is 0 Å². The van der Waals surface area contributed by atoms with Gasteiger partial charge in [0.05, 0.1) is 6.21 Å². The van der Waals surface area contributed by atoms with Gasteiger partial charge in [-0.2, -0.15) is 14.9 Å². The number of nitrogens with one attached hydrogen (secondary N) is 1. The van der Waals surface area contributed by atoms with Gasteiger partial charge in [0.25, 0.3) is 0 Å². The third-order valence-corrected chi connectivity index (χ3v) is 3.30. The molecule has 3 aromatic rings. The molecular formula is C13H13N5S. The van der Waals surface area contributed by atoms with E-state index in [0.29, 0.717) is 4.77 Å². The van der Waals surface area contributed by atoms with Crippen molar-refractivity contribution in [2.45, 2.75) is 13.5 Å². The van der Waals surface area contributed by atoms with Crippen LogP contribution in [0.4, 0.5) is 0 Å². The molecule has 6 heteroatoms. The third-order valence-electron chi connectivity index (χ3n) is 3.02. The predicted octanol–water partition coefficient (Wildman–Crippen LogP) is 2.80. The van der Waals surface area contributed by atoms with E-state index in [9.17, 15) is 0 Å². The van der Waals surface area contributed by atoms with E-state index in [1.54, 1.807) is 12.5 Å². The molecule has 3 rings (SSSR count). The minimum Gasteiger partial charge on any atom is -0.347 e. The molecule has 2 aromatic heterocycles. The van der Waals surface area contributed by atoms with Crippen LogP contribution in [-0.4, -0.2) is 25.7 Å². The summed E-state index contributed by atoms with van der Waals surface area (Å²) in [5.41, 5.74) is 2.28. The number of aromatic amines is 1. The zero-order chi connectivity index (χ0) is 13.2. The van der Waals surface area contributed by atoms with Crippen molar-refractivity contribution in [1.29, 1.82) is 0 Å². The maximum absolute atomic E-state index is 5.05. The van der Waals surface area contributed by atoms with Crippen molar-refractivity contribution in [3.63, 3.8) is 0 Å². The minimum absolute atomic E-state index is 0.482. The Morgan fingerprint density at radius 1 is 1.42 bits per heavy atom. The molecule has 0 spiro atoms. The minimum atomic E-state index is 0.482. The molecule has 0 radical (unpaired) electrons. The van der Waals surface area contributed by atoms with Crippen LogP contribution in [0.3, 0.4) is 0 Å². The second-order valence-corrected chi connectivity index (χ2v) is 4.52. The van der Waals surface area contributed by atoms with E-state index in [-0.39, 0.29) is 0 Å². The highest BCUT2D eigenvalue weighted by molar-refractivity contribution is 7.71. The van der Waals surface area contributed by atoms with Crippen LogP contribution in [-0.2, 0) is 6.54 Å². The lowest BCUT2D eigenvalue weighted by atomic mass is 10.2. The van der Waals surface area contributed by atoms with Crippen molar-refractivity contribution in [1.82, 2.24) is 19.4 Å². The summed E-state index contributed by atoms with van der Waals surface area (Å²) in [7, 11) is 0. The number of aryl methyl sites for hydroxylation is 1. The Morgan fingerprint density at radius 2 is 2.26 bits per heavy atom. The molecule has 5 nitrogen and oxygen atoms in total. The van der Waals surface area contributed by atoms with Gasteiger partial charge in [-0.05, 0) is 25.2 Å². The van der Waals surface area contributed by atoms with Gasteiger partial charge in [0.15, 0.2) is 0 Å². The van der Waals surface area contributed by atoms with Gasteiger partial charge < -0.3 is 4.57 Å². The average Bonchev–Trinajstić information content (AvgIpc) is 3.00. The first-order chi connectivity index (χ1) is 9.29. The molecule has 0 saturated carbocycles. The third kappa shape index (κ3) is 2.10. The Bertz CT molecular complexity index is 793. The molecule has 1 N–H and O–H groups in total. The quantitative estimate of drug-likeness (QED) is 0.588. The second-order valence-electron chi connectivity index (χ2n) is 4.14. The van der Waals surface area contributed by atoms with Crippen LogP contribution in [0.15, 0.2) is 41.9 Å². The fourth-order valence-electron chi connectivity index (χ4n) is 2.09. The summed E-state index contributed by atoms with van der Waals surface area (Å²) in [4.78, 5) is 0. The number of hydrogen-bond acceptors (Lipinski definition) is 3. The normalized spacial score (nSPS) is 11.6. The number of benzene rings is 1. The Morgan fingerprint density at radius 3 is 3.00 bits per heavy atom. The number of aromatic nitrogens is 4. The monoisotopic (exact) mass is 271 g/mol. The Balaban J connectivity index is 2.08. The second kappa shape index (κ2) is 4.81. The van der Waals surface area contributed by atoms with Gasteiger partial charge in [0.2, 0.25) is 4.77 Å². The molecule has 96 valence electrons. The van der Waals surface area contributed by atoms with Crippen molar-refractivity contribution in [2.24, 2.45) is 5.10 Å². The molecule has 0 bridgehead atoms. The van der Waals surface area contributed by atoms with E-state index in [1.165, 1.54) is 15.6 Å². The fourth-order valence-corrected chi connectivity index (χ4v) is 2.24. The molecule has 0 unspecified atom stereocenters. The molecule has 0 aliphatic rings. The van der Waals surface area contributed by atoms with Gasteiger partial charge in [-0.25, -0.2) is 0 Å². The summed E-state index contributed by atoms with van der Waals surface area (Å²) in [6, 6.07) is 8.28. The lowest BCUT2D eigenvalue weighted by Gasteiger charge is -1.97. The van der Waals surface area contributed by atoms with E-state index in [1.807, 2.05) is 12.1 Å². The summed E-state index contributed by atoms with van der Waals surface area (Å²) in [6.07, 6.45) is 5.45. The molecule has 1 aromatic carbocycles. The van der Waals surface area contributed by atoms with Crippen LogP contribution in [0.2, 0.25) is 0 Å². The molecule has 0 amide bonds. The summed E-state index contributed by atoms with van der Waals surface area (Å²) < 4.78 is 4.22. The molecule has 0 aliphatic carbocycles. The highest BCUT2D eigenvalue weighted by Crippen LogP contribution is 2.19. The highest BCUT2D eigenvalue weighted by Gasteiger charge is 2.04. The molecule has 0 atom stereocenters. The van der Waals surface area contributed by atoms with Crippen LogP contribution in [0.1, 0.15) is 12.5 Å². The van der Waals surface area contributed by atoms with Crippen LogP contribution in [0.5, 0.6) is 0 Å². The summed E-state index contributed by atoms with van der Waals surface area (Å²) in [5, 5.41) is 12.0. The Hall–Kier alpha value is -2.21. The molecule has 0 saturated heterocycles. The largest absolute Gasteiger partial charge is 0.347 e. The van der Waals surface area contributed by atoms with Gasteiger partial charge in [-0.1, -0.05) is 18.2 Å². The number of nitrogens with zero attached hydrogens (tertiary/aromatic N) is 4. The smallest absolute Gasteiger partial charge is 0.216 e. The Kier molecular flexibility index (Phi) is 3.00. The van der Waals surface area contributed by atoms with E-state index in [0.717, 1.165) is 12.1 Å². The summed E-state index contributed by atoms with van der Waals surface area (Å²) in [5.74, 6) is 0. The fraction of sp³-hybridized carbons (Fsp3) is 0.154. The number of H-pyrrole nitrogens is 1. The van der Waals surface area contributed by atoms with Gasteiger partial charge in [0.1, 0.15) is 6.33 Å². The van der Waals surface area contributed by atoms with Crippen molar-refractivity contribution < 1.29 is 0 Å². The van der Waals surface area contributed by atoms with Gasteiger partial charge >= 0.3 is 0 Å². The van der Waals surface area contributed by atoms with Crippen molar-refractivity contribution in [2.75, 3.05) is 0 Å².